The van der Waals surface area contributed by atoms with Crippen molar-refractivity contribution in [2.75, 3.05) is 45.3 Å². The average molecular weight is 755 g/mol. The number of likely N-dealkylation sites (tertiary alicyclic amines) is 1. The quantitative estimate of drug-likeness (QED) is 0.193. The van der Waals surface area contributed by atoms with E-state index in [-0.39, 0.29) is 67.0 Å². The lowest BCUT2D eigenvalue weighted by Gasteiger charge is -2.39. The number of halogens is 2. The third-order valence-corrected chi connectivity index (χ3v) is 9.26. The molecular weight excluding hydrogens is 719 g/mol. The van der Waals surface area contributed by atoms with Gasteiger partial charge in [0.15, 0.2) is 18.2 Å². The fourth-order valence-corrected chi connectivity index (χ4v) is 6.46. The van der Waals surface area contributed by atoms with Gasteiger partial charge < -0.3 is 39.6 Å². The summed E-state index contributed by atoms with van der Waals surface area (Å²) in [5.74, 6) is -0.684. The van der Waals surface area contributed by atoms with Gasteiger partial charge in [-0.25, -0.2) is 4.39 Å². The lowest BCUT2D eigenvalue weighted by molar-refractivity contribution is -0.123. The molecule has 13 nitrogen and oxygen atoms in total. The van der Waals surface area contributed by atoms with Crippen molar-refractivity contribution in [1.82, 2.24) is 25.7 Å². The van der Waals surface area contributed by atoms with Gasteiger partial charge in [0.2, 0.25) is 0 Å². The number of hydrogen-bond donors (Lipinski definition) is 3. The van der Waals surface area contributed by atoms with E-state index in [0.29, 0.717) is 40.6 Å². The zero-order valence-corrected chi connectivity index (χ0v) is 29.9. The van der Waals surface area contributed by atoms with Crippen molar-refractivity contribution in [2.45, 2.75) is 25.1 Å². The number of nitrogens with zero attached hydrogens (tertiary/aromatic N) is 3. The number of carbonyl (C=O) groups excluding carboxylic acids is 3. The Morgan fingerprint density at radius 3 is 2.69 bits per heavy atom. The third-order valence-electron chi connectivity index (χ3n) is 9.01. The van der Waals surface area contributed by atoms with E-state index in [1.165, 1.54) is 18.3 Å². The Balaban J connectivity index is 1.22. The highest BCUT2D eigenvalue weighted by Gasteiger charge is 2.37. The van der Waals surface area contributed by atoms with Crippen molar-refractivity contribution in [3.8, 4) is 33.9 Å². The Kier molecular flexibility index (Phi) is 11.0. The van der Waals surface area contributed by atoms with Crippen LogP contribution in [0.4, 0.5) is 10.2 Å². The molecule has 3 aromatic carbocycles. The highest BCUT2D eigenvalue weighted by Crippen LogP contribution is 2.33. The van der Waals surface area contributed by atoms with Crippen LogP contribution >= 0.6 is 11.6 Å². The summed E-state index contributed by atoms with van der Waals surface area (Å²) >= 11 is 6.14. The maximum Gasteiger partial charge on any atom is 0.261 e. The molecule has 6 bridgehead atoms. The Bertz CT molecular complexity index is 2160. The summed E-state index contributed by atoms with van der Waals surface area (Å²) in [7, 11) is 1.57. The first kappa shape index (κ1) is 36.4. The van der Waals surface area contributed by atoms with Crippen molar-refractivity contribution in [2.24, 2.45) is 0 Å². The highest BCUT2D eigenvalue weighted by molar-refractivity contribution is 6.30. The summed E-state index contributed by atoms with van der Waals surface area (Å²) in [4.78, 5) is 47.0. The Hall–Kier alpha value is -5.99. The number of aromatic nitrogens is 2. The van der Waals surface area contributed by atoms with Gasteiger partial charge in [0.1, 0.15) is 29.0 Å². The second-order valence-corrected chi connectivity index (χ2v) is 13.2. The normalized spacial score (nSPS) is 17.4. The number of amides is 3. The van der Waals surface area contributed by atoms with E-state index in [2.05, 4.69) is 26.1 Å². The van der Waals surface area contributed by atoms with Crippen LogP contribution in [0.25, 0.3) is 22.5 Å². The van der Waals surface area contributed by atoms with Crippen LogP contribution in [0.3, 0.4) is 0 Å². The molecule has 0 spiro atoms. The van der Waals surface area contributed by atoms with Crippen molar-refractivity contribution in [3.05, 3.63) is 113 Å². The maximum absolute atomic E-state index is 14.9. The molecule has 15 heteroatoms. The number of piperidine rings is 1. The van der Waals surface area contributed by atoms with E-state index in [4.69, 9.17) is 30.3 Å². The summed E-state index contributed by atoms with van der Waals surface area (Å²) < 4.78 is 37.9. The van der Waals surface area contributed by atoms with Crippen molar-refractivity contribution < 1.29 is 37.5 Å². The zero-order chi connectivity index (χ0) is 37.6. The number of nitrogens with one attached hydrogen (secondary N) is 3. The minimum atomic E-state index is -0.757. The molecular formula is C39H36ClFN6O7. The smallest absolute Gasteiger partial charge is 0.261 e. The molecule has 2 aliphatic rings. The van der Waals surface area contributed by atoms with Crippen LogP contribution in [0.15, 0.2) is 89.7 Å². The second kappa shape index (κ2) is 16.4. The van der Waals surface area contributed by atoms with Gasteiger partial charge in [0, 0.05) is 74.3 Å². The molecule has 0 saturated carbocycles. The fraction of sp³-hybridized carbons (Fsp3) is 0.256. The number of methoxy groups -OCH3 is 1. The van der Waals surface area contributed by atoms with Gasteiger partial charge in [-0.3, -0.25) is 19.4 Å². The molecule has 54 heavy (non-hydrogen) atoms. The molecule has 278 valence electrons. The van der Waals surface area contributed by atoms with Gasteiger partial charge >= 0.3 is 0 Å². The average Bonchev–Trinajstić information content (AvgIpc) is 3.60. The van der Waals surface area contributed by atoms with Crippen molar-refractivity contribution in [1.29, 1.82) is 0 Å². The fourth-order valence-electron chi connectivity index (χ4n) is 6.34. The predicted molar refractivity (Wildman–Crippen MR) is 197 cm³/mol. The molecule has 3 amide bonds. The van der Waals surface area contributed by atoms with Crippen LogP contribution in [-0.4, -0.2) is 84.9 Å². The first-order valence-corrected chi connectivity index (χ1v) is 17.6. The molecule has 7 rings (SSSR count). The van der Waals surface area contributed by atoms with E-state index in [1.54, 1.807) is 72.8 Å². The van der Waals surface area contributed by atoms with Gasteiger partial charge in [-0.1, -0.05) is 28.9 Å². The van der Waals surface area contributed by atoms with Gasteiger partial charge in [0.25, 0.3) is 17.7 Å². The number of carbonyl (C=O) groups is 3. The minimum absolute atomic E-state index is 0.0242. The molecule has 2 aliphatic heterocycles. The first-order chi connectivity index (χ1) is 26.2. The number of ether oxygens (including phenoxy) is 3. The van der Waals surface area contributed by atoms with Gasteiger partial charge in [-0.2, -0.15) is 0 Å². The number of rotatable bonds is 6. The number of pyridine rings is 1. The van der Waals surface area contributed by atoms with Crippen LogP contribution < -0.4 is 25.4 Å². The Morgan fingerprint density at radius 2 is 1.85 bits per heavy atom. The van der Waals surface area contributed by atoms with Crippen LogP contribution in [0.2, 0.25) is 5.02 Å². The topological polar surface area (TPSA) is 157 Å². The van der Waals surface area contributed by atoms with Crippen LogP contribution in [0.5, 0.6) is 11.5 Å². The van der Waals surface area contributed by atoms with E-state index in [1.807, 2.05) is 6.07 Å². The Morgan fingerprint density at radius 1 is 1.02 bits per heavy atom. The lowest BCUT2D eigenvalue weighted by Crippen LogP contribution is -2.58. The molecule has 2 aromatic heterocycles. The SMILES string of the molecule is COCCNc1noc(-c2ccc(Cl)cc2)c1C(=O)N1CC[C@@H]2Oc3cc(F)cc(c3)CNC(=O)COc3cccc(c3)-c3cncc(c3)C(=O)N[C@@H]2C1. The van der Waals surface area contributed by atoms with Crippen LogP contribution in [-0.2, 0) is 16.1 Å². The standard InChI is InChI=1S/C39H36ClFN6O7/c1-51-12-10-43-37-35(36(54-46-37)24-5-7-28(40)8-6-24)39(50)47-11-9-33-32(21-47)45-38(49)27-15-26(19-42-20-27)25-3-2-4-30(16-25)52-22-34(48)44-18-23-13-29(41)17-31(14-23)53-33/h2-8,13-17,19-20,32-33H,9-12,18,21-22H2,1H3,(H,43,46)(H,44,48)(H,45,49)/t32-,33+/m1/s1. The molecule has 4 heterocycles. The predicted octanol–water partition coefficient (Wildman–Crippen LogP) is 5.36. The van der Waals surface area contributed by atoms with E-state index < -0.39 is 29.8 Å². The van der Waals surface area contributed by atoms with E-state index >= 15 is 0 Å². The van der Waals surface area contributed by atoms with E-state index in [0.717, 1.165) is 5.56 Å². The third kappa shape index (κ3) is 8.45. The molecule has 0 aliphatic carbocycles. The van der Waals surface area contributed by atoms with Crippen LogP contribution in [0, 0.1) is 5.82 Å². The van der Waals surface area contributed by atoms with Gasteiger partial charge in [0.05, 0.1) is 18.2 Å². The summed E-state index contributed by atoms with van der Waals surface area (Å²) in [5, 5.41) is 13.6. The van der Waals surface area contributed by atoms with E-state index in [9.17, 15) is 18.8 Å². The zero-order valence-electron chi connectivity index (χ0n) is 29.1. The summed E-state index contributed by atoms with van der Waals surface area (Å²) in [6, 6.07) is 19.0. The number of anilines is 1. The monoisotopic (exact) mass is 754 g/mol. The minimum Gasteiger partial charge on any atom is -0.488 e. The largest absolute Gasteiger partial charge is 0.488 e. The first-order valence-electron chi connectivity index (χ1n) is 17.2. The molecule has 0 radical (unpaired) electrons. The number of fused-ring (bicyclic) bond motifs is 8. The van der Waals surface area contributed by atoms with Crippen molar-refractivity contribution >= 4 is 35.1 Å². The second-order valence-electron chi connectivity index (χ2n) is 12.8. The number of hydrogen-bond acceptors (Lipinski definition) is 10. The number of benzene rings is 3. The summed E-state index contributed by atoms with van der Waals surface area (Å²) in [5.41, 5.74) is 2.89. The van der Waals surface area contributed by atoms with Gasteiger partial charge in [-0.05, 0) is 65.7 Å². The molecule has 0 unspecified atom stereocenters. The van der Waals surface area contributed by atoms with Gasteiger partial charge in [-0.15, -0.1) is 0 Å². The summed E-state index contributed by atoms with van der Waals surface area (Å²) in [6.45, 7) is 0.741. The molecule has 3 N–H and O–H groups in total. The lowest BCUT2D eigenvalue weighted by atomic mass is 9.99. The van der Waals surface area contributed by atoms with Crippen LogP contribution in [0.1, 0.15) is 32.7 Å². The summed E-state index contributed by atoms with van der Waals surface area (Å²) in [6.07, 6.45) is 2.66. The maximum atomic E-state index is 14.9. The highest BCUT2D eigenvalue weighted by atomic mass is 35.5. The molecule has 1 saturated heterocycles. The Labute approximate surface area is 314 Å². The molecule has 1 fully saturated rings. The van der Waals surface area contributed by atoms with Crippen molar-refractivity contribution in [3.63, 3.8) is 0 Å². The molecule has 2 atom stereocenters. The molecule has 5 aromatic rings.